The highest BCUT2D eigenvalue weighted by molar-refractivity contribution is 7.10. The maximum Gasteiger partial charge on any atom is 0.325 e. The molecule has 1 aromatic rings. The number of carbonyl (C=O) groups is 1. The Morgan fingerprint density at radius 3 is 2.82 bits per heavy atom. The first-order chi connectivity index (χ1) is 5.13. The molecule has 0 fully saturated rings. The van der Waals surface area contributed by atoms with E-state index in [1.807, 2.05) is 18.4 Å². The SMILES string of the molecule is Cc1ccsc1C(N)C(=O)O. The molecule has 3 N–H and O–H groups in total. The van der Waals surface area contributed by atoms with Crippen LogP contribution in [0, 0.1) is 6.92 Å². The average molecular weight is 171 g/mol. The second-order valence-corrected chi connectivity index (χ2v) is 3.23. The molecule has 0 saturated heterocycles. The molecule has 0 aliphatic heterocycles. The van der Waals surface area contributed by atoms with E-state index in [-0.39, 0.29) is 0 Å². The summed E-state index contributed by atoms with van der Waals surface area (Å²) in [7, 11) is 0. The van der Waals surface area contributed by atoms with E-state index in [2.05, 4.69) is 0 Å². The second-order valence-electron chi connectivity index (χ2n) is 2.28. The fraction of sp³-hybridized carbons (Fsp3) is 0.286. The molecule has 0 bridgehead atoms. The van der Waals surface area contributed by atoms with Gasteiger partial charge in [0.15, 0.2) is 0 Å². The van der Waals surface area contributed by atoms with Crippen molar-refractivity contribution in [2.75, 3.05) is 0 Å². The van der Waals surface area contributed by atoms with E-state index < -0.39 is 12.0 Å². The molecular formula is C7H9NO2S. The molecule has 60 valence electrons. The number of carboxylic acid groups (broad SMARTS) is 1. The van der Waals surface area contributed by atoms with Gasteiger partial charge in [0, 0.05) is 4.88 Å². The van der Waals surface area contributed by atoms with Crippen LogP contribution in [0.15, 0.2) is 11.4 Å². The molecule has 0 radical (unpaired) electrons. The molecule has 0 aromatic carbocycles. The van der Waals surface area contributed by atoms with Crippen LogP contribution in [0.2, 0.25) is 0 Å². The summed E-state index contributed by atoms with van der Waals surface area (Å²) in [6, 6.07) is 0.998. The topological polar surface area (TPSA) is 63.3 Å². The Hall–Kier alpha value is -0.870. The minimum Gasteiger partial charge on any atom is -0.480 e. The zero-order valence-electron chi connectivity index (χ0n) is 6.07. The molecule has 11 heavy (non-hydrogen) atoms. The van der Waals surface area contributed by atoms with Crippen LogP contribution in [0.25, 0.3) is 0 Å². The lowest BCUT2D eigenvalue weighted by Gasteiger charge is -2.03. The summed E-state index contributed by atoms with van der Waals surface area (Å²) in [5.74, 6) is -0.976. The van der Waals surface area contributed by atoms with E-state index in [1.165, 1.54) is 11.3 Å². The van der Waals surface area contributed by atoms with Gasteiger partial charge in [0.1, 0.15) is 6.04 Å². The van der Waals surface area contributed by atoms with E-state index in [4.69, 9.17) is 10.8 Å². The van der Waals surface area contributed by atoms with Crippen LogP contribution in [0.5, 0.6) is 0 Å². The lowest BCUT2D eigenvalue weighted by molar-refractivity contribution is -0.138. The molecule has 0 spiro atoms. The zero-order chi connectivity index (χ0) is 8.43. The highest BCUT2D eigenvalue weighted by atomic mass is 32.1. The molecule has 1 aromatic heterocycles. The monoisotopic (exact) mass is 171 g/mol. The van der Waals surface area contributed by atoms with Crippen LogP contribution in [-0.2, 0) is 4.79 Å². The standard InChI is InChI=1S/C7H9NO2S/c1-4-2-3-11-6(4)5(8)7(9)10/h2-3,5H,8H2,1H3,(H,9,10). The Bertz CT molecular complexity index is 269. The van der Waals surface area contributed by atoms with Gasteiger partial charge in [-0.15, -0.1) is 11.3 Å². The van der Waals surface area contributed by atoms with Crippen molar-refractivity contribution in [3.8, 4) is 0 Å². The van der Waals surface area contributed by atoms with Gasteiger partial charge in [-0.25, -0.2) is 0 Å². The summed E-state index contributed by atoms with van der Waals surface area (Å²) in [5, 5.41) is 10.4. The van der Waals surface area contributed by atoms with Gasteiger partial charge >= 0.3 is 5.97 Å². The van der Waals surface area contributed by atoms with Crippen molar-refractivity contribution >= 4 is 17.3 Å². The van der Waals surface area contributed by atoms with Crippen molar-refractivity contribution < 1.29 is 9.90 Å². The number of aryl methyl sites for hydroxylation is 1. The summed E-state index contributed by atoms with van der Waals surface area (Å²) in [6.07, 6.45) is 0. The number of hydrogen-bond donors (Lipinski definition) is 2. The van der Waals surface area contributed by atoms with Crippen molar-refractivity contribution in [1.82, 2.24) is 0 Å². The molecule has 1 heterocycles. The van der Waals surface area contributed by atoms with Crippen LogP contribution in [-0.4, -0.2) is 11.1 Å². The Labute approximate surface area is 68.5 Å². The number of aliphatic carboxylic acids is 1. The fourth-order valence-electron chi connectivity index (χ4n) is 0.815. The normalized spacial score (nSPS) is 12.9. The van der Waals surface area contributed by atoms with Gasteiger partial charge < -0.3 is 10.8 Å². The van der Waals surface area contributed by atoms with Crippen molar-refractivity contribution in [3.63, 3.8) is 0 Å². The highest BCUT2D eigenvalue weighted by Gasteiger charge is 2.16. The van der Waals surface area contributed by atoms with E-state index in [0.29, 0.717) is 0 Å². The summed E-state index contributed by atoms with van der Waals surface area (Å²) >= 11 is 1.38. The van der Waals surface area contributed by atoms with Gasteiger partial charge in [-0.2, -0.15) is 0 Å². The van der Waals surface area contributed by atoms with Gasteiger partial charge in [0.05, 0.1) is 0 Å². The minimum atomic E-state index is -0.976. The van der Waals surface area contributed by atoms with Crippen molar-refractivity contribution in [1.29, 1.82) is 0 Å². The molecule has 4 heteroatoms. The van der Waals surface area contributed by atoms with Crippen LogP contribution in [0.4, 0.5) is 0 Å². The summed E-state index contributed by atoms with van der Waals surface area (Å²) in [4.78, 5) is 11.2. The van der Waals surface area contributed by atoms with E-state index in [1.54, 1.807) is 0 Å². The Balaban J connectivity index is 2.92. The third-order valence-corrected chi connectivity index (χ3v) is 2.55. The van der Waals surface area contributed by atoms with Crippen LogP contribution in [0.1, 0.15) is 16.5 Å². The van der Waals surface area contributed by atoms with Gasteiger partial charge in [0.25, 0.3) is 0 Å². The number of rotatable bonds is 2. The third-order valence-electron chi connectivity index (χ3n) is 1.45. The maximum atomic E-state index is 10.4. The van der Waals surface area contributed by atoms with Gasteiger partial charge in [-0.1, -0.05) is 0 Å². The lowest BCUT2D eigenvalue weighted by atomic mass is 10.2. The van der Waals surface area contributed by atoms with E-state index in [0.717, 1.165) is 10.4 Å². The fourth-order valence-corrected chi connectivity index (χ4v) is 1.74. The Morgan fingerprint density at radius 2 is 2.45 bits per heavy atom. The number of carboxylic acids is 1. The van der Waals surface area contributed by atoms with Crippen LogP contribution >= 0.6 is 11.3 Å². The average Bonchev–Trinajstić information content (AvgIpc) is 2.33. The van der Waals surface area contributed by atoms with Gasteiger partial charge in [0.2, 0.25) is 0 Å². The zero-order valence-corrected chi connectivity index (χ0v) is 6.89. The molecule has 0 aliphatic carbocycles. The molecule has 1 unspecified atom stereocenters. The minimum absolute atomic E-state index is 0.734. The largest absolute Gasteiger partial charge is 0.480 e. The first-order valence-electron chi connectivity index (χ1n) is 3.15. The Morgan fingerprint density at radius 1 is 1.82 bits per heavy atom. The van der Waals surface area contributed by atoms with Crippen LogP contribution in [0.3, 0.4) is 0 Å². The van der Waals surface area contributed by atoms with Crippen molar-refractivity contribution in [2.45, 2.75) is 13.0 Å². The van der Waals surface area contributed by atoms with Crippen LogP contribution < -0.4 is 5.73 Å². The summed E-state index contributed by atoms with van der Waals surface area (Å²) < 4.78 is 0. The molecule has 0 saturated carbocycles. The quantitative estimate of drug-likeness (QED) is 0.701. The molecule has 1 rings (SSSR count). The van der Waals surface area contributed by atoms with Gasteiger partial charge in [-0.05, 0) is 23.9 Å². The molecule has 1 atom stereocenters. The van der Waals surface area contributed by atoms with Crippen molar-refractivity contribution in [2.24, 2.45) is 5.73 Å². The smallest absolute Gasteiger partial charge is 0.325 e. The number of hydrogen-bond acceptors (Lipinski definition) is 3. The molecule has 0 aliphatic rings. The third kappa shape index (κ3) is 1.58. The number of thiophene rings is 1. The summed E-state index contributed by atoms with van der Waals surface area (Å²) in [6.45, 7) is 1.86. The second kappa shape index (κ2) is 3.02. The Kier molecular flexibility index (Phi) is 2.26. The van der Waals surface area contributed by atoms with Crippen molar-refractivity contribution in [3.05, 3.63) is 21.9 Å². The number of nitrogens with two attached hydrogens (primary N) is 1. The lowest BCUT2D eigenvalue weighted by Crippen LogP contribution is -2.20. The highest BCUT2D eigenvalue weighted by Crippen LogP contribution is 2.21. The van der Waals surface area contributed by atoms with E-state index in [9.17, 15) is 4.79 Å². The molecule has 3 nitrogen and oxygen atoms in total. The predicted octanol–water partition coefficient (Wildman–Crippen LogP) is 1.14. The maximum absolute atomic E-state index is 10.4. The summed E-state index contributed by atoms with van der Waals surface area (Å²) in [5.41, 5.74) is 6.34. The first-order valence-corrected chi connectivity index (χ1v) is 4.03. The predicted molar refractivity (Wildman–Crippen MR) is 43.6 cm³/mol. The first kappa shape index (κ1) is 8.23. The molecular weight excluding hydrogens is 162 g/mol. The van der Waals surface area contributed by atoms with E-state index >= 15 is 0 Å². The molecule has 0 amide bonds. The van der Waals surface area contributed by atoms with Gasteiger partial charge in [-0.3, -0.25) is 4.79 Å².